The molecule has 1 amide bonds. The highest BCUT2D eigenvalue weighted by Crippen LogP contribution is 2.39. The van der Waals surface area contributed by atoms with Crippen molar-refractivity contribution in [3.8, 4) is 5.75 Å². The second kappa shape index (κ2) is 9.40. The number of rotatable bonds is 7. The van der Waals surface area contributed by atoms with Gasteiger partial charge in [0.05, 0.1) is 24.0 Å². The number of benzene rings is 1. The van der Waals surface area contributed by atoms with Gasteiger partial charge in [-0.3, -0.25) is 14.4 Å². The number of piperidine rings is 1. The molecule has 2 aromatic rings. The van der Waals surface area contributed by atoms with Crippen molar-refractivity contribution in [3.05, 3.63) is 47.3 Å². The van der Waals surface area contributed by atoms with Crippen molar-refractivity contribution in [2.45, 2.75) is 57.8 Å². The average molecular weight is 427 g/mol. The SMILES string of the molecule is CCOc1ccc(CN2CCC3(CCC(CNC(=O)c4cc(C)nn4C)O3)CC2)cc1. The number of nitrogens with one attached hydrogen (secondary N) is 1. The van der Waals surface area contributed by atoms with Crippen LogP contribution in [0.1, 0.15) is 54.4 Å². The molecular weight excluding hydrogens is 392 g/mol. The Balaban J connectivity index is 1.22. The highest BCUT2D eigenvalue weighted by atomic mass is 16.5. The molecule has 7 heteroatoms. The number of amides is 1. The number of aromatic nitrogens is 2. The van der Waals surface area contributed by atoms with Gasteiger partial charge in [0.25, 0.3) is 5.91 Å². The summed E-state index contributed by atoms with van der Waals surface area (Å²) in [5, 5.41) is 7.27. The molecule has 0 radical (unpaired) electrons. The summed E-state index contributed by atoms with van der Waals surface area (Å²) in [5.41, 5.74) is 2.74. The molecule has 7 nitrogen and oxygen atoms in total. The van der Waals surface area contributed by atoms with Gasteiger partial charge in [-0.15, -0.1) is 0 Å². The first-order valence-corrected chi connectivity index (χ1v) is 11.4. The van der Waals surface area contributed by atoms with Gasteiger partial charge in [0, 0.05) is 33.2 Å². The Kier molecular flexibility index (Phi) is 6.62. The summed E-state index contributed by atoms with van der Waals surface area (Å²) in [4.78, 5) is 14.9. The van der Waals surface area contributed by atoms with Crippen molar-refractivity contribution >= 4 is 5.91 Å². The maximum absolute atomic E-state index is 12.4. The summed E-state index contributed by atoms with van der Waals surface area (Å²) < 4.78 is 13.6. The topological polar surface area (TPSA) is 68.6 Å². The molecule has 1 unspecified atom stereocenters. The van der Waals surface area contributed by atoms with E-state index in [1.807, 2.05) is 19.9 Å². The smallest absolute Gasteiger partial charge is 0.269 e. The molecular formula is C24H34N4O3. The summed E-state index contributed by atoms with van der Waals surface area (Å²) >= 11 is 0. The Morgan fingerprint density at radius 1 is 1.26 bits per heavy atom. The number of carbonyl (C=O) groups excluding carboxylic acids is 1. The number of nitrogens with zero attached hydrogens (tertiary/aromatic N) is 3. The zero-order chi connectivity index (χ0) is 21.8. The minimum Gasteiger partial charge on any atom is -0.494 e. The van der Waals surface area contributed by atoms with Gasteiger partial charge in [0.2, 0.25) is 0 Å². The quantitative estimate of drug-likeness (QED) is 0.737. The van der Waals surface area contributed by atoms with Crippen LogP contribution in [0.5, 0.6) is 5.75 Å². The Morgan fingerprint density at radius 3 is 2.65 bits per heavy atom. The van der Waals surface area contributed by atoms with Crippen LogP contribution in [-0.2, 0) is 18.3 Å². The third-order valence-electron chi connectivity index (χ3n) is 6.47. The van der Waals surface area contributed by atoms with Crippen molar-refractivity contribution in [1.82, 2.24) is 20.0 Å². The second-order valence-electron chi connectivity index (χ2n) is 8.82. The summed E-state index contributed by atoms with van der Waals surface area (Å²) in [5.74, 6) is 0.845. The molecule has 1 spiro atoms. The van der Waals surface area contributed by atoms with E-state index in [1.54, 1.807) is 11.7 Å². The van der Waals surface area contributed by atoms with Crippen LogP contribution < -0.4 is 10.1 Å². The van der Waals surface area contributed by atoms with E-state index in [0.29, 0.717) is 18.8 Å². The normalized spacial score (nSPS) is 20.8. The standard InChI is InChI=1S/C24H34N4O3/c1-4-30-20-7-5-19(6-8-20)17-28-13-11-24(12-14-28)10-9-21(31-24)16-25-23(29)22-15-18(2)26-27(22)3/h5-8,15,21H,4,9-14,16-17H2,1-3H3,(H,25,29). The largest absolute Gasteiger partial charge is 0.494 e. The second-order valence-corrected chi connectivity index (χ2v) is 8.82. The number of carbonyl (C=O) groups is 1. The van der Waals surface area contributed by atoms with Gasteiger partial charge in [0.15, 0.2) is 0 Å². The van der Waals surface area contributed by atoms with Crippen LogP contribution in [0.3, 0.4) is 0 Å². The van der Waals surface area contributed by atoms with Crippen LogP contribution in [0.2, 0.25) is 0 Å². The zero-order valence-electron chi connectivity index (χ0n) is 18.9. The van der Waals surface area contributed by atoms with Gasteiger partial charge in [-0.05, 0) is 63.3 Å². The predicted molar refractivity (Wildman–Crippen MR) is 119 cm³/mol. The molecule has 0 saturated carbocycles. The van der Waals surface area contributed by atoms with Crippen molar-refractivity contribution in [1.29, 1.82) is 0 Å². The lowest BCUT2D eigenvalue weighted by molar-refractivity contribution is -0.0764. The molecule has 4 rings (SSSR count). The molecule has 0 bridgehead atoms. The van der Waals surface area contributed by atoms with Crippen LogP contribution in [0, 0.1) is 6.92 Å². The van der Waals surface area contributed by atoms with Gasteiger partial charge in [0.1, 0.15) is 11.4 Å². The third kappa shape index (κ3) is 5.28. The molecule has 1 aromatic carbocycles. The highest BCUT2D eigenvalue weighted by molar-refractivity contribution is 5.92. The summed E-state index contributed by atoms with van der Waals surface area (Å²) in [6, 6.07) is 10.2. The van der Waals surface area contributed by atoms with Gasteiger partial charge >= 0.3 is 0 Å². The van der Waals surface area contributed by atoms with Crippen molar-refractivity contribution in [2.24, 2.45) is 7.05 Å². The fourth-order valence-corrected chi connectivity index (χ4v) is 4.76. The number of likely N-dealkylation sites (tertiary alicyclic amines) is 1. The highest BCUT2D eigenvalue weighted by Gasteiger charge is 2.42. The first-order valence-electron chi connectivity index (χ1n) is 11.4. The molecule has 31 heavy (non-hydrogen) atoms. The lowest BCUT2D eigenvalue weighted by Crippen LogP contribution is -2.44. The van der Waals surface area contributed by atoms with E-state index in [2.05, 4.69) is 39.6 Å². The lowest BCUT2D eigenvalue weighted by atomic mass is 9.88. The summed E-state index contributed by atoms with van der Waals surface area (Å²) in [7, 11) is 1.80. The number of hydrogen-bond donors (Lipinski definition) is 1. The molecule has 1 N–H and O–H groups in total. The number of aryl methyl sites for hydroxylation is 2. The predicted octanol–water partition coefficient (Wildman–Crippen LogP) is 3.07. The van der Waals surface area contributed by atoms with E-state index in [0.717, 1.165) is 56.8 Å². The monoisotopic (exact) mass is 426 g/mol. The molecule has 3 heterocycles. The molecule has 2 aliphatic rings. The lowest BCUT2D eigenvalue weighted by Gasteiger charge is -2.39. The van der Waals surface area contributed by atoms with Gasteiger partial charge in [-0.1, -0.05) is 12.1 Å². The van der Waals surface area contributed by atoms with E-state index in [9.17, 15) is 4.79 Å². The Labute approximate surface area is 184 Å². The Hall–Kier alpha value is -2.38. The Morgan fingerprint density at radius 2 is 2.00 bits per heavy atom. The van der Waals surface area contributed by atoms with Crippen LogP contribution in [0.25, 0.3) is 0 Å². The average Bonchev–Trinajstić information content (AvgIpc) is 3.32. The van der Waals surface area contributed by atoms with Crippen LogP contribution >= 0.6 is 0 Å². The minimum atomic E-state index is -0.0853. The van der Waals surface area contributed by atoms with Crippen LogP contribution in [-0.4, -0.2) is 58.5 Å². The minimum absolute atomic E-state index is 0.0200. The van der Waals surface area contributed by atoms with Crippen molar-refractivity contribution < 1.29 is 14.3 Å². The molecule has 2 saturated heterocycles. The maximum atomic E-state index is 12.4. The first-order chi connectivity index (χ1) is 15.0. The molecule has 1 aromatic heterocycles. The van der Waals surface area contributed by atoms with E-state index in [-0.39, 0.29) is 17.6 Å². The van der Waals surface area contributed by atoms with Crippen molar-refractivity contribution in [3.63, 3.8) is 0 Å². The van der Waals surface area contributed by atoms with Crippen LogP contribution in [0.4, 0.5) is 0 Å². The maximum Gasteiger partial charge on any atom is 0.269 e. The van der Waals surface area contributed by atoms with Crippen molar-refractivity contribution in [2.75, 3.05) is 26.2 Å². The van der Waals surface area contributed by atoms with E-state index in [1.165, 1.54) is 5.56 Å². The van der Waals surface area contributed by atoms with E-state index < -0.39 is 0 Å². The van der Waals surface area contributed by atoms with E-state index in [4.69, 9.17) is 9.47 Å². The van der Waals surface area contributed by atoms with Gasteiger partial charge in [-0.25, -0.2) is 0 Å². The molecule has 168 valence electrons. The van der Waals surface area contributed by atoms with Gasteiger partial charge in [-0.2, -0.15) is 5.10 Å². The molecule has 2 fully saturated rings. The number of ether oxygens (including phenoxy) is 2. The summed E-state index contributed by atoms with van der Waals surface area (Å²) in [6.45, 7) is 8.20. The number of hydrogen-bond acceptors (Lipinski definition) is 5. The van der Waals surface area contributed by atoms with E-state index >= 15 is 0 Å². The molecule has 2 aliphatic heterocycles. The molecule has 0 aliphatic carbocycles. The molecule has 1 atom stereocenters. The zero-order valence-corrected chi connectivity index (χ0v) is 18.9. The Bertz CT molecular complexity index is 885. The first kappa shape index (κ1) is 21.8. The van der Waals surface area contributed by atoms with Crippen LogP contribution in [0.15, 0.2) is 30.3 Å². The fourth-order valence-electron chi connectivity index (χ4n) is 4.76. The summed E-state index contributed by atoms with van der Waals surface area (Å²) in [6.07, 6.45) is 4.28. The fraction of sp³-hybridized carbons (Fsp3) is 0.583. The van der Waals surface area contributed by atoms with Gasteiger partial charge < -0.3 is 14.8 Å². The third-order valence-corrected chi connectivity index (χ3v) is 6.47.